The molecule has 1 aliphatic heterocycles. The van der Waals surface area contributed by atoms with E-state index in [-0.39, 0.29) is 17.5 Å². The summed E-state index contributed by atoms with van der Waals surface area (Å²) in [5.74, 6) is -1.06. The number of benzene rings is 2. The number of piperazine rings is 1. The predicted molar refractivity (Wildman–Crippen MR) is 116 cm³/mol. The maximum atomic E-state index is 13.1. The van der Waals surface area contributed by atoms with Crippen molar-refractivity contribution in [1.82, 2.24) is 9.79 Å². The van der Waals surface area contributed by atoms with E-state index in [0.717, 1.165) is 11.3 Å². The van der Waals surface area contributed by atoms with Crippen LogP contribution in [0, 0.1) is 11.7 Å². The zero-order chi connectivity index (χ0) is 21.5. The SMILES string of the molecule is CC(CC(CS(=O)N1CCN(c2ccc(F)cc2)CC1)C(=O)NO)c1ccccc1. The molecule has 3 rings (SSSR count). The van der Waals surface area contributed by atoms with Gasteiger partial charge in [0.1, 0.15) is 5.82 Å². The van der Waals surface area contributed by atoms with Crippen molar-refractivity contribution in [2.45, 2.75) is 19.3 Å². The number of anilines is 1. The Kier molecular flexibility index (Phi) is 7.95. The van der Waals surface area contributed by atoms with E-state index in [2.05, 4.69) is 4.90 Å². The molecule has 6 nitrogen and oxygen atoms in total. The molecule has 0 aliphatic carbocycles. The number of hydrogen-bond donors (Lipinski definition) is 2. The standard InChI is InChI=1S/C22H28FN3O3S/c1-17(18-5-3-2-4-6-18)15-19(22(27)24-28)16-30(29)26-13-11-25(12-14-26)21-9-7-20(23)8-10-21/h2-10,17,19,28H,11-16H2,1H3,(H,24,27). The Bertz CT molecular complexity index is 842. The summed E-state index contributed by atoms with van der Waals surface area (Å²) < 4.78 is 27.9. The van der Waals surface area contributed by atoms with E-state index in [1.54, 1.807) is 17.6 Å². The van der Waals surface area contributed by atoms with Gasteiger partial charge in [-0.2, -0.15) is 0 Å². The summed E-state index contributed by atoms with van der Waals surface area (Å²) in [5.41, 5.74) is 3.78. The fourth-order valence-corrected chi connectivity index (χ4v) is 5.18. The summed E-state index contributed by atoms with van der Waals surface area (Å²) in [7, 11) is -1.33. The van der Waals surface area contributed by atoms with E-state index in [4.69, 9.17) is 5.21 Å². The summed E-state index contributed by atoms with van der Waals surface area (Å²) in [6.07, 6.45) is 0.498. The van der Waals surface area contributed by atoms with Crippen molar-refractivity contribution in [1.29, 1.82) is 0 Å². The van der Waals surface area contributed by atoms with Crippen LogP contribution in [0.25, 0.3) is 0 Å². The second-order valence-electron chi connectivity index (χ2n) is 7.60. The molecule has 1 aliphatic rings. The summed E-state index contributed by atoms with van der Waals surface area (Å²) in [5, 5.41) is 9.15. The lowest BCUT2D eigenvalue weighted by molar-refractivity contribution is -0.133. The summed E-state index contributed by atoms with van der Waals surface area (Å²) >= 11 is 0. The number of hydrogen-bond acceptors (Lipinski definition) is 4. The number of nitrogens with one attached hydrogen (secondary N) is 1. The van der Waals surface area contributed by atoms with Crippen LogP contribution in [0.4, 0.5) is 10.1 Å². The van der Waals surface area contributed by atoms with Gasteiger partial charge in [-0.05, 0) is 42.2 Å². The van der Waals surface area contributed by atoms with Gasteiger partial charge in [-0.15, -0.1) is 0 Å². The van der Waals surface area contributed by atoms with Crippen molar-refractivity contribution in [3.05, 3.63) is 66.0 Å². The number of hydroxylamine groups is 1. The lowest BCUT2D eigenvalue weighted by atomic mass is 9.91. The van der Waals surface area contributed by atoms with Crippen molar-refractivity contribution in [2.24, 2.45) is 5.92 Å². The summed E-state index contributed by atoms with van der Waals surface area (Å²) in [4.78, 5) is 14.3. The second kappa shape index (κ2) is 10.7. The Morgan fingerprint density at radius 1 is 1.10 bits per heavy atom. The van der Waals surface area contributed by atoms with Crippen molar-refractivity contribution in [3.63, 3.8) is 0 Å². The third kappa shape index (κ3) is 5.87. The molecule has 0 aromatic heterocycles. The highest BCUT2D eigenvalue weighted by molar-refractivity contribution is 7.82. The van der Waals surface area contributed by atoms with Crippen LogP contribution in [0.1, 0.15) is 24.8 Å². The Morgan fingerprint density at radius 2 is 1.73 bits per heavy atom. The molecule has 1 amide bonds. The van der Waals surface area contributed by atoms with E-state index in [0.29, 0.717) is 32.6 Å². The molecule has 0 bridgehead atoms. The largest absolute Gasteiger partial charge is 0.369 e. The fraction of sp³-hybridized carbons (Fsp3) is 0.409. The maximum Gasteiger partial charge on any atom is 0.247 e. The minimum atomic E-state index is -1.33. The number of amides is 1. The number of rotatable bonds is 8. The fourth-order valence-electron chi connectivity index (χ4n) is 3.77. The monoisotopic (exact) mass is 433 g/mol. The average Bonchev–Trinajstić information content (AvgIpc) is 2.79. The van der Waals surface area contributed by atoms with Crippen molar-refractivity contribution >= 4 is 22.6 Å². The van der Waals surface area contributed by atoms with E-state index >= 15 is 0 Å². The van der Waals surface area contributed by atoms with Crippen LogP contribution in [-0.4, -0.2) is 51.6 Å². The number of carbonyl (C=O) groups excluding carboxylic acids is 1. The van der Waals surface area contributed by atoms with Crippen LogP contribution < -0.4 is 10.4 Å². The first-order chi connectivity index (χ1) is 14.5. The third-order valence-corrected chi connectivity index (χ3v) is 7.18. The van der Waals surface area contributed by atoms with Gasteiger partial charge in [0.15, 0.2) is 0 Å². The Hall–Kier alpha value is -2.29. The second-order valence-corrected chi connectivity index (χ2v) is 9.09. The van der Waals surface area contributed by atoms with Gasteiger partial charge in [0.2, 0.25) is 5.91 Å². The zero-order valence-electron chi connectivity index (χ0n) is 17.0. The highest BCUT2D eigenvalue weighted by atomic mass is 32.2. The van der Waals surface area contributed by atoms with Gasteiger partial charge in [0.05, 0.1) is 16.9 Å². The molecule has 1 saturated heterocycles. The van der Waals surface area contributed by atoms with Crippen molar-refractivity contribution < 1.29 is 18.6 Å². The molecule has 3 atom stereocenters. The molecule has 1 heterocycles. The molecule has 162 valence electrons. The van der Waals surface area contributed by atoms with Crippen molar-refractivity contribution in [3.8, 4) is 0 Å². The molecule has 0 saturated carbocycles. The molecule has 2 N–H and O–H groups in total. The van der Waals surface area contributed by atoms with Crippen molar-refractivity contribution in [2.75, 3.05) is 36.8 Å². The lowest BCUT2D eigenvalue weighted by Crippen LogP contribution is -2.48. The molecule has 1 fully saturated rings. The van der Waals surface area contributed by atoms with Gasteiger partial charge in [0.25, 0.3) is 0 Å². The van der Waals surface area contributed by atoms with Gasteiger partial charge in [-0.25, -0.2) is 18.4 Å². The maximum absolute atomic E-state index is 13.1. The van der Waals surface area contributed by atoms with Crippen LogP contribution in [0.2, 0.25) is 0 Å². The number of carbonyl (C=O) groups is 1. The van der Waals surface area contributed by atoms with Gasteiger partial charge in [-0.1, -0.05) is 37.3 Å². The topological polar surface area (TPSA) is 72.9 Å². The molecular formula is C22H28FN3O3S. The molecule has 0 spiro atoms. The van der Waals surface area contributed by atoms with Gasteiger partial charge in [-0.3, -0.25) is 10.0 Å². The Labute approximate surface area is 179 Å². The summed E-state index contributed by atoms with van der Waals surface area (Å²) in [6, 6.07) is 16.2. The Morgan fingerprint density at radius 3 is 2.33 bits per heavy atom. The third-order valence-electron chi connectivity index (χ3n) is 5.55. The Balaban J connectivity index is 1.56. The quantitative estimate of drug-likeness (QED) is 0.496. The van der Waals surface area contributed by atoms with Gasteiger partial charge >= 0.3 is 0 Å². The molecule has 30 heavy (non-hydrogen) atoms. The van der Waals surface area contributed by atoms with Crippen LogP contribution in [0.5, 0.6) is 0 Å². The molecule has 0 radical (unpaired) electrons. The highest BCUT2D eigenvalue weighted by Crippen LogP contribution is 2.25. The van der Waals surface area contributed by atoms with E-state index in [1.165, 1.54) is 12.1 Å². The zero-order valence-corrected chi connectivity index (χ0v) is 17.9. The minimum Gasteiger partial charge on any atom is -0.369 e. The van der Waals surface area contributed by atoms with E-state index in [9.17, 15) is 13.4 Å². The molecule has 3 unspecified atom stereocenters. The first-order valence-corrected chi connectivity index (χ1v) is 11.4. The molecular weight excluding hydrogens is 405 g/mol. The molecule has 2 aromatic rings. The first-order valence-electron chi connectivity index (χ1n) is 10.1. The van der Waals surface area contributed by atoms with E-state index < -0.39 is 22.8 Å². The number of nitrogens with zero attached hydrogens (tertiary/aromatic N) is 2. The predicted octanol–water partition coefficient (Wildman–Crippen LogP) is 2.93. The van der Waals surface area contributed by atoms with Crippen LogP contribution in [0.15, 0.2) is 54.6 Å². The van der Waals surface area contributed by atoms with Gasteiger partial charge in [0, 0.05) is 37.6 Å². The number of halogens is 1. The normalized spacial score (nSPS) is 17.9. The molecule has 2 aromatic carbocycles. The van der Waals surface area contributed by atoms with Crippen LogP contribution in [0.3, 0.4) is 0 Å². The highest BCUT2D eigenvalue weighted by Gasteiger charge is 2.28. The first kappa shape index (κ1) is 22.4. The lowest BCUT2D eigenvalue weighted by Gasteiger charge is -2.35. The van der Waals surface area contributed by atoms with Crippen LogP contribution >= 0.6 is 0 Å². The average molecular weight is 434 g/mol. The van der Waals surface area contributed by atoms with Gasteiger partial charge < -0.3 is 4.90 Å². The smallest absolute Gasteiger partial charge is 0.247 e. The summed E-state index contributed by atoms with van der Waals surface area (Å²) in [6.45, 7) is 4.55. The molecule has 8 heteroatoms. The minimum absolute atomic E-state index is 0.0980. The van der Waals surface area contributed by atoms with Crippen LogP contribution in [-0.2, 0) is 15.8 Å². The van der Waals surface area contributed by atoms with E-state index in [1.807, 2.05) is 41.6 Å².